The number of carbonyl (C=O) groups is 2. The molecule has 0 bridgehead atoms. The quantitative estimate of drug-likeness (QED) is 0.773. The van der Waals surface area contributed by atoms with Crippen LogP contribution in [0.3, 0.4) is 0 Å². The Morgan fingerprint density at radius 2 is 1.52 bits per heavy atom. The van der Waals surface area contributed by atoms with Crippen molar-refractivity contribution in [2.24, 2.45) is 0 Å². The van der Waals surface area contributed by atoms with E-state index < -0.39 is 36.5 Å². The Morgan fingerprint density at radius 3 is 2.07 bits per heavy atom. The molecule has 1 saturated heterocycles. The average molecular weight is 372 g/mol. The summed E-state index contributed by atoms with van der Waals surface area (Å²) in [4.78, 5) is 24.4. The van der Waals surface area contributed by atoms with Crippen molar-refractivity contribution in [2.45, 2.75) is 24.6 Å². The normalized spacial score (nSPS) is 24.4. The van der Waals surface area contributed by atoms with Crippen molar-refractivity contribution in [3.8, 4) is 0 Å². The van der Waals surface area contributed by atoms with E-state index >= 15 is 0 Å². The van der Waals surface area contributed by atoms with Gasteiger partial charge < -0.3 is 24.1 Å². The van der Waals surface area contributed by atoms with Crippen molar-refractivity contribution in [2.75, 3.05) is 13.7 Å². The molecule has 7 heteroatoms. The Balaban J connectivity index is 1.66. The third-order valence-corrected chi connectivity index (χ3v) is 4.16. The summed E-state index contributed by atoms with van der Waals surface area (Å²) in [6.07, 6.45) is -4.08. The molecule has 2 aromatic rings. The van der Waals surface area contributed by atoms with Gasteiger partial charge in [-0.25, -0.2) is 9.59 Å². The predicted octanol–water partition coefficient (Wildman–Crippen LogP) is 1.80. The topological polar surface area (TPSA) is 91.3 Å². The Kier molecular flexibility index (Phi) is 6.18. The first kappa shape index (κ1) is 19.0. The SMILES string of the molecule is COC1O[C@H](COC(=O)c2ccccc2)[C@H](OC(=O)c2ccccc2)C1O. The lowest BCUT2D eigenvalue weighted by Gasteiger charge is -2.20. The van der Waals surface area contributed by atoms with E-state index in [2.05, 4.69) is 0 Å². The van der Waals surface area contributed by atoms with Crippen molar-refractivity contribution in [1.82, 2.24) is 0 Å². The predicted molar refractivity (Wildman–Crippen MR) is 94.0 cm³/mol. The van der Waals surface area contributed by atoms with Gasteiger partial charge in [0, 0.05) is 7.11 Å². The van der Waals surface area contributed by atoms with Crippen LogP contribution in [0.25, 0.3) is 0 Å². The number of esters is 2. The lowest BCUT2D eigenvalue weighted by atomic mass is 10.1. The minimum Gasteiger partial charge on any atom is -0.459 e. The van der Waals surface area contributed by atoms with Crippen molar-refractivity contribution in [3.05, 3.63) is 71.8 Å². The molecule has 7 nitrogen and oxygen atoms in total. The van der Waals surface area contributed by atoms with Gasteiger partial charge in [0.1, 0.15) is 18.8 Å². The number of hydrogen-bond acceptors (Lipinski definition) is 7. The van der Waals surface area contributed by atoms with Gasteiger partial charge in [0.25, 0.3) is 0 Å². The second-order valence-electron chi connectivity index (χ2n) is 5.97. The van der Waals surface area contributed by atoms with Gasteiger partial charge in [-0.05, 0) is 24.3 Å². The maximum absolute atomic E-state index is 12.3. The summed E-state index contributed by atoms with van der Waals surface area (Å²) in [5.41, 5.74) is 0.725. The van der Waals surface area contributed by atoms with Crippen LogP contribution in [-0.2, 0) is 18.9 Å². The zero-order chi connectivity index (χ0) is 19.2. The van der Waals surface area contributed by atoms with E-state index in [0.29, 0.717) is 11.1 Å². The molecule has 0 aromatic heterocycles. The molecular weight excluding hydrogens is 352 g/mol. The molecule has 3 rings (SSSR count). The Hall–Kier alpha value is -2.74. The third-order valence-electron chi connectivity index (χ3n) is 4.16. The molecule has 1 aliphatic heterocycles. The fourth-order valence-corrected chi connectivity index (χ4v) is 2.76. The molecule has 0 aliphatic carbocycles. The van der Waals surface area contributed by atoms with Crippen LogP contribution < -0.4 is 0 Å². The van der Waals surface area contributed by atoms with Crippen LogP contribution in [0.2, 0.25) is 0 Å². The van der Waals surface area contributed by atoms with Crippen LogP contribution in [0.1, 0.15) is 20.7 Å². The number of rotatable bonds is 6. The first-order valence-electron chi connectivity index (χ1n) is 8.44. The largest absolute Gasteiger partial charge is 0.459 e. The number of hydrogen-bond donors (Lipinski definition) is 1. The van der Waals surface area contributed by atoms with Gasteiger partial charge in [-0.2, -0.15) is 0 Å². The van der Waals surface area contributed by atoms with Crippen molar-refractivity contribution < 1.29 is 33.6 Å². The van der Waals surface area contributed by atoms with E-state index in [9.17, 15) is 14.7 Å². The zero-order valence-corrected chi connectivity index (χ0v) is 14.7. The lowest BCUT2D eigenvalue weighted by Crippen LogP contribution is -2.39. The molecular formula is C20H20O7. The summed E-state index contributed by atoms with van der Waals surface area (Å²) < 4.78 is 21.2. The van der Waals surface area contributed by atoms with E-state index in [1.165, 1.54) is 7.11 Å². The highest BCUT2D eigenvalue weighted by atomic mass is 16.7. The van der Waals surface area contributed by atoms with Crippen LogP contribution >= 0.6 is 0 Å². The maximum atomic E-state index is 12.3. The molecule has 2 unspecified atom stereocenters. The lowest BCUT2D eigenvalue weighted by molar-refractivity contribution is -0.153. The molecule has 2 aromatic carbocycles. The Morgan fingerprint density at radius 1 is 0.963 bits per heavy atom. The van der Waals surface area contributed by atoms with Crippen molar-refractivity contribution in [3.63, 3.8) is 0 Å². The summed E-state index contributed by atoms with van der Waals surface area (Å²) in [7, 11) is 1.36. The number of aliphatic hydroxyl groups excluding tert-OH is 1. The van der Waals surface area contributed by atoms with Crippen LogP contribution in [-0.4, -0.2) is 55.4 Å². The number of benzene rings is 2. The Bertz CT molecular complexity index is 762. The average Bonchev–Trinajstić information content (AvgIpc) is 3.02. The highest BCUT2D eigenvalue weighted by Crippen LogP contribution is 2.26. The summed E-state index contributed by atoms with van der Waals surface area (Å²) in [5, 5.41) is 10.3. The monoisotopic (exact) mass is 372 g/mol. The standard InChI is InChI=1S/C20H20O7/c1-24-20-16(21)17(27-19(23)14-10-6-3-7-11-14)15(26-20)12-25-18(22)13-8-4-2-5-9-13/h2-11,15-17,20-21H,12H2,1H3/t15-,16?,17+,20?/m1/s1. The minimum atomic E-state index is -1.21. The number of ether oxygens (including phenoxy) is 4. The third kappa shape index (κ3) is 4.51. The summed E-state index contributed by atoms with van der Waals surface area (Å²) in [6, 6.07) is 16.9. The fraction of sp³-hybridized carbons (Fsp3) is 0.300. The van der Waals surface area contributed by atoms with Gasteiger partial charge in [0.15, 0.2) is 12.4 Å². The van der Waals surface area contributed by atoms with Gasteiger partial charge in [-0.3, -0.25) is 0 Å². The van der Waals surface area contributed by atoms with Crippen LogP contribution in [0.5, 0.6) is 0 Å². The fourth-order valence-electron chi connectivity index (χ4n) is 2.76. The molecule has 4 atom stereocenters. The maximum Gasteiger partial charge on any atom is 0.338 e. The van der Waals surface area contributed by atoms with Crippen molar-refractivity contribution in [1.29, 1.82) is 0 Å². The van der Waals surface area contributed by atoms with Gasteiger partial charge in [-0.1, -0.05) is 36.4 Å². The van der Waals surface area contributed by atoms with Crippen LogP contribution in [0.15, 0.2) is 60.7 Å². The molecule has 0 amide bonds. The number of methoxy groups -OCH3 is 1. The molecule has 0 radical (unpaired) electrons. The van der Waals surface area contributed by atoms with Gasteiger partial charge in [0.05, 0.1) is 11.1 Å². The molecule has 1 N–H and O–H groups in total. The van der Waals surface area contributed by atoms with Gasteiger partial charge in [0.2, 0.25) is 0 Å². The van der Waals surface area contributed by atoms with Gasteiger partial charge in [-0.15, -0.1) is 0 Å². The molecule has 1 heterocycles. The van der Waals surface area contributed by atoms with E-state index in [1.54, 1.807) is 60.7 Å². The second kappa shape index (κ2) is 8.77. The van der Waals surface area contributed by atoms with E-state index in [4.69, 9.17) is 18.9 Å². The van der Waals surface area contributed by atoms with E-state index in [-0.39, 0.29) is 6.61 Å². The number of carbonyl (C=O) groups excluding carboxylic acids is 2. The minimum absolute atomic E-state index is 0.197. The summed E-state index contributed by atoms with van der Waals surface area (Å²) in [5.74, 6) is -1.15. The molecule has 0 spiro atoms. The molecule has 0 saturated carbocycles. The smallest absolute Gasteiger partial charge is 0.338 e. The molecule has 27 heavy (non-hydrogen) atoms. The van der Waals surface area contributed by atoms with E-state index in [1.807, 2.05) is 0 Å². The molecule has 1 aliphatic rings. The summed E-state index contributed by atoms with van der Waals surface area (Å²) >= 11 is 0. The molecule has 142 valence electrons. The highest BCUT2D eigenvalue weighted by Gasteiger charge is 2.47. The highest BCUT2D eigenvalue weighted by molar-refractivity contribution is 5.90. The van der Waals surface area contributed by atoms with E-state index in [0.717, 1.165) is 0 Å². The van der Waals surface area contributed by atoms with Gasteiger partial charge >= 0.3 is 11.9 Å². The first-order chi connectivity index (χ1) is 13.1. The second-order valence-corrected chi connectivity index (χ2v) is 5.97. The van der Waals surface area contributed by atoms with Crippen LogP contribution in [0, 0.1) is 0 Å². The first-order valence-corrected chi connectivity index (χ1v) is 8.44. The summed E-state index contributed by atoms with van der Waals surface area (Å²) in [6.45, 7) is -0.197. The Labute approximate surface area is 156 Å². The molecule has 1 fully saturated rings. The van der Waals surface area contributed by atoms with Crippen molar-refractivity contribution >= 4 is 11.9 Å². The number of aliphatic hydroxyl groups is 1. The zero-order valence-electron chi connectivity index (χ0n) is 14.7. The van der Waals surface area contributed by atoms with Crippen LogP contribution in [0.4, 0.5) is 0 Å².